The van der Waals surface area contributed by atoms with E-state index >= 15 is 0 Å². The summed E-state index contributed by atoms with van der Waals surface area (Å²) in [7, 11) is -3.81. The van der Waals surface area contributed by atoms with Gasteiger partial charge >= 0.3 is 0 Å². The quantitative estimate of drug-likeness (QED) is 0.505. The molecular weight excluding hydrogens is 468 g/mol. The second-order valence-corrected chi connectivity index (χ2v) is 9.04. The molecule has 9 heteroatoms. The zero-order valence-corrected chi connectivity index (χ0v) is 18.7. The summed E-state index contributed by atoms with van der Waals surface area (Å²) in [6.07, 6.45) is 3.10. The summed E-state index contributed by atoms with van der Waals surface area (Å²) in [5.74, 6) is 0.357. The van der Waals surface area contributed by atoms with Crippen molar-refractivity contribution >= 4 is 49.4 Å². The van der Waals surface area contributed by atoms with Crippen molar-refractivity contribution in [3.05, 3.63) is 82.2 Å². The van der Waals surface area contributed by atoms with Gasteiger partial charge in [-0.15, -0.1) is 0 Å². The molecule has 0 spiro atoms. The van der Waals surface area contributed by atoms with Crippen molar-refractivity contribution in [3.8, 4) is 0 Å². The van der Waals surface area contributed by atoms with Crippen LogP contribution in [-0.2, 0) is 14.8 Å². The summed E-state index contributed by atoms with van der Waals surface area (Å²) in [5.41, 5.74) is 2.03. The average molecular weight is 487 g/mol. The molecule has 1 aromatic heterocycles. The van der Waals surface area contributed by atoms with Gasteiger partial charge < -0.3 is 5.32 Å². The molecule has 0 bridgehead atoms. The van der Waals surface area contributed by atoms with Crippen LogP contribution in [0.1, 0.15) is 17.1 Å². The van der Waals surface area contributed by atoms with Gasteiger partial charge in [-0.05, 0) is 61.9 Å². The first-order chi connectivity index (χ1) is 14.2. The Morgan fingerprint density at radius 3 is 2.30 bits per heavy atom. The molecule has 0 aliphatic rings. The Kier molecular flexibility index (Phi) is 6.63. The topological polar surface area (TPSA) is 101 Å². The smallest absolute Gasteiger partial charge is 0.263 e. The van der Waals surface area contributed by atoms with Crippen LogP contribution in [0.2, 0.25) is 0 Å². The van der Waals surface area contributed by atoms with Crippen LogP contribution in [0.3, 0.4) is 0 Å². The van der Waals surface area contributed by atoms with Gasteiger partial charge in [0.25, 0.3) is 10.0 Å². The van der Waals surface area contributed by atoms with E-state index in [-0.39, 0.29) is 16.6 Å². The van der Waals surface area contributed by atoms with Gasteiger partial charge in [-0.1, -0.05) is 28.1 Å². The summed E-state index contributed by atoms with van der Waals surface area (Å²) in [5, 5.41) is 2.70. The highest BCUT2D eigenvalue weighted by Gasteiger charge is 2.15. The SMILES string of the molecule is Cc1cc(NS(=O)(=O)c2ccc(NC(=O)/C=C/c3ccc(Br)cc3)cc2)nc(C)n1. The fourth-order valence-corrected chi connectivity index (χ4v) is 3.87. The number of aromatic nitrogens is 2. The summed E-state index contributed by atoms with van der Waals surface area (Å²) in [4.78, 5) is 20.3. The lowest BCUT2D eigenvalue weighted by molar-refractivity contribution is -0.111. The molecule has 3 aromatic rings. The van der Waals surface area contributed by atoms with E-state index in [0.29, 0.717) is 17.2 Å². The normalized spacial score (nSPS) is 11.4. The largest absolute Gasteiger partial charge is 0.323 e. The number of amides is 1. The standard InChI is InChI=1S/C21H19BrN4O3S/c1-14-13-20(24-15(2)23-14)26-30(28,29)19-10-8-18(9-11-19)25-21(27)12-5-16-3-6-17(22)7-4-16/h3-13H,1-2H3,(H,25,27)(H,23,24,26)/b12-5+. The molecule has 0 saturated carbocycles. The molecule has 154 valence electrons. The zero-order valence-electron chi connectivity index (χ0n) is 16.3. The summed E-state index contributed by atoms with van der Waals surface area (Å²) in [6, 6.07) is 14.9. The highest BCUT2D eigenvalue weighted by molar-refractivity contribution is 9.10. The number of hydrogen-bond donors (Lipinski definition) is 2. The first kappa shape index (κ1) is 21.7. The van der Waals surface area contributed by atoms with Gasteiger partial charge in [0.15, 0.2) is 0 Å². The first-order valence-electron chi connectivity index (χ1n) is 8.91. The Bertz CT molecular complexity index is 1170. The molecule has 3 rings (SSSR count). The van der Waals surface area contributed by atoms with E-state index < -0.39 is 10.0 Å². The minimum absolute atomic E-state index is 0.0554. The zero-order chi connectivity index (χ0) is 21.7. The van der Waals surface area contributed by atoms with E-state index in [9.17, 15) is 13.2 Å². The number of halogens is 1. The molecular formula is C21H19BrN4O3S. The summed E-state index contributed by atoms with van der Waals surface area (Å²) < 4.78 is 28.5. The van der Waals surface area contributed by atoms with Crippen LogP contribution in [0.25, 0.3) is 6.08 Å². The van der Waals surface area contributed by atoms with Gasteiger partial charge in [-0.3, -0.25) is 9.52 Å². The molecule has 0 unspecified atom stereocenters. The number of carbonyl (C=O) groups excluding carboxylic acids is 1. The number of nitrogens with one attached hydrogen (secondary N) is 2. The van der Waals surface area contributed by atoms with Gasteiger partial charge in [-0.25, -0.2) is 18.4 Å². The number of nitrogens with zero attached hydrogens (tertiary/aromatic N) is 2. The predicted octanol–water partition coefficient (Wildman–Crippen LogP) is 4.31. The maximum Gasteiger partial charge on any atom is 0.263 e. The van der Waals surface area contributed by atoms with Gasteiger partial charge in [0.05, 0.1) is 4.90 Å². The number of rotatable bonds is 6. The van der Waals surface area contributed by atoms with Gasteiger partial charge in [-0.2, -0.15) is 0 Å². The molecule has 0 saturated heterocycles. The van der Waals surface area contributed by atoms with Crippen molar-refractivity contribution < 1.29 is 13.2 Å². The van der Waals surface area contributed by atoms with Crippen LogP contribution in [0.15, 0.2) is 70.0 Å². The van der Waals surface area contributed by atoms with Crippen LogP contribution in [0.5, 0.6) is 0 Å². The van der Waals surface area contributed by atoms with E-state index in [1.807, 2.05) is 24.3 Å². The fraction of sp³-hybridized carbons (Fsp3) is 0.0952. The lowest BCUT2D eigenvalue weighted by Gasteiger charge is -2.09. The van der Waals surface area contributed by atoms with Crippen LogP contribution in [0, 0.1) is 13.8 Å². The lowest BCUT2D eigenvalue weighted by atomic mass is 10.2. The molecule has 1 heterocycles. The minimum atomic E-state index is -3.81. The van der Waals surface area contributed by atoms with E-state index in [2.05, 4.69) is 35.9 Å². The molecule has 2 aromatic carbocycles. The molecule has 0 aliphatic carbocycles. The number of benzene rings is 2. The van der Waals surface area contributed by atoms with E-state index in [1.165, 1.54) is 30.3 Å². The van der Waals surface area contributed by atoms with Crippen LogP contribution >= 0.6 is 15.9 Å². The molecule has 1 amide bonds. The van der Waals surface area contributed by atoms with E-state index in [1.54, 1.807) is 26.0 Å². The first-order valence-corrected chi connectivity index (χ1v) is 11.2. The Morgan fingerprint density at radius 2 is 1.67 bits per heavy atom. The van der Waals surface area contributed by atoms with Crippen molar-refractivity contribution in [1.82, 2.24) is 9.97 Å². The Labute approximate surface area is 183 Å². The van der Waals surface area contributed by atoms with Crippen molar-refractivity contribution in [1.29, 1.82) is 0 Å². The fourth-order valence-electron chi connectivity index (χ4n) is 2.61. The molecule has 2 N–H and O–H groups in total. The van der Waals surface area contributed by atoms with E-state index in [0.717, 1.165) is 10.0 Å². The Morgan fingerprint density at radius 1 is 1.00 bits per heavy atom. The van der Waals surface area contributed by atoms with Gasteiger partial charge in [0, 0.05) is 28.0 Å². The molecule has 7 nitrogen and oxygen atoms in total. The number of sulfonamides is 1. The second kappa shape index (κ2) is 9.19. The summed E-state index contributed by atoms with van der Waals surface area (Å²) in [6.45, 7) is 3.45. The highest BCUT2D eigenvalue weighted by Crippen LogP contribution is 2.18. The highest BCUT2D eigenvalue weighted by atomic mass is 79.9. The minimum Gasteiger partial charge on any atom is -0.323 e. The molecule has 0 radical (unpaired) electrons. The van der Waals surface area contributed by atoms with Crippen molar-refractivity contribution in [2.45, 2.75) is 18.7 Å². The monoisotopic (exact) mass is 486 g/mol. The second-order valence-electron chi connectivity index (χ2n) is 6.45. The third-order valence-electron chi connectivity index (χ3n) is 3.93. The number of aryl methyl sites for hydroxylation is 2. The number of carbonyl (C=O) groups is 1. The Balaban J connectivity index is 1.66. The molecule has 0 atom stereocenters. The molecule has 30 heavy (non-hydrogen) atoms. The molecule has 0 aliphatic heterocycles. The van der Waals surface area contributed by atoms with Crippen LogP contribution in [-0.4, -0.2) is 24.3 Å². The van der Waals surface area contributed by atoms with Crippen LogP contribution < -0.4 is 10.0 Å². The molecule has 0 fully saturated rings. The predicted molar refractivity (Wildman–Crippen MR) is 121 cm³/mol. The third-order valence-corrected chi connectivity index (χ3v) is 5.83. The van der Waals surface area contributed by atoms with Crippen LogP contribution in [0.4, 0.5) is 11.5 Å². The van der Waals surface area contributed by atoms with Crippen molar-refractivity contribution in [2.24, 2.45) is 0 Å². The maximum absolute atomic E-state index is 12.6. The van der Waals surface area contributed by atoms with Gasteiger partial charge in [0.2, 0.25) is 5.91 Å². The van der Waals surface area contributed by atoms with E-state index in [4.69, 9.17) is 0 Å². The number of anilines is 2. The third kappa shape index (κ3) is 5.98. The number of hydrogen-bond acceptors (Lipinski definition) is 5. The average Bonchev–Trinajstić information content (AvgIpc) is 2.67. The maximum atomic E-state index is 12.6. The van der Waals surface area contributed by atoms with Crippen molar-refractivity contribution in [3.63, 3.8) is 0 Å². The van der Waals surface area contributed by atoms with Crippen molar-refractivity contribution in [2.75, 3.05) is 10.0 Å². The summed E-state index contributed by atoms with van der Waals surface area (Å²) >= 11 is 3.36. The lowest BCUT2D eigenvalue weighted by Crippen LogP contribution is -2.15. The van der Waals surface area contributed by atoms with Gasteiger partial charge in [0.1, 0.15) is 11.6 Å². The Hall–Kier alpha value is -3.04.